The summed E-state index contributed by atoms with van der Waals surface area (Å²) in [5, 5.41) is 11.5. The molecule has 3 heteroatoms. The van der Waals surface area contributed by atoms with E-state index in [0.29, 0.717) is 5.82 Å². The fourth-order valence-corrected chi connectivity index (χ4v) is 0.474. The monoisotopic (exact) mass is 130 g/mol. The van der Waals surface area contributed by atoms with E-state index < -0.39 is 0 Å². The summed E-state index contributed by atoms with van der Waals surface area (Å²) < 4.78 is 0. The fraction of sp³-hybridized carbons (Fsp3) is 0.667. The minimum absolute atomic E-state index is 0.0449. The van der Waals surface area contributed by atoms with Crippen molar-refractivity contribution < 1.29 is 5.11 Å². The van der Waals surface area contributed by atoms with Crippen molar-refractivity contribution in [3.05, 3.63) is 12.4 Å². The molecule has 0 saturated carbocycles. The van der Waals surface area contributed by atoms with Crippen molar-refractivity contribution in [1.29, 1.82) is 0 Å². The molecule has 0 aliphatic carbocycles. The van der Waals surface area contributed by atoms with Crippen LogP contribution in [0.25, 0.3) is 0 Å². The van der Waals surface area contributed by atoms with E-state index in [9.17, 15) is 0 Å². The molecule has 0 aliphatic rings. The van der Waals surface area contributed by atoms with Crippen molar-refractivity contribution in [3.63, 3.8) is 0 Å². The van der Waals surface area contributed by atoms with Gasteiger partial charge >= 0.3 is 0 Å². The second-order valence-electron chi connectivity index (χ2n) is 2.69. The Morgan fingerprint density at radius 2 is 2.22 bits per heavy atom. The number of aliphatic hydroxyl groups is 1. The van der Waals surface area contributed by atoms with Crippen LogP contribution in [0.5, 0.6) is 0 Å². The first-order chi connectivity index (χ1) is 3.98. The maximum atomic E-state index is 8.68. The zero-order valence-electron chi connectivity index (χ0n) is 5.94. The molecule has 0 heterocycles. The van der Waals surface area contributed by atoms with E-state index in [1.54, 1.807) is 0 Å². The van der Waals surface area contributed by atoms with Gasteiger partial charge in [-0.05, 0) is 13.8 Å². The van der Waals surface area contributed by atoms with Gasteiger partial charge < -0.3 is 16.2 Å². The van der Waals surface area contributed by atoms with E-state index in [1.807, 2.05) is 13.8 Å². The van der Waals surface area contributed by atoms with Crippen molar-refractivity contribution in [2.24, 2.45) is 5.73 Å². The molecule has 9 heavy (non-hydrogen) atoms. The second-order valence-corrected chi connectivity index (χ2v) is 2.69. The highest BCUT2D eigenvalue weighted by Crippen LogP contribution is 1.99. The first-order valence-electron chi connectivity index (χ1n) is 2.81. The Balaban J connectivity index is 3.71. The normalized spacial score (nSPS) is 11.0. The van der Waals surface area contributed by atoms with Crippen molar-refractivity contribution in [3.8, 4) is 0 Å². The molecule has 0 aromatic carbocycles. The number of rotatable bonds is 3. The van der Waals surface area contributed by atoms with Crippen LogP contribution in [-0.4, -0.2) is 17.3 Å². The van der Waals surface area contributed by atoms with Gasteiger partial charge in [0.15, 0.2) is 0 Å². The van der Waals surface area contributed by atoms with Gasteiger partial charge in [-0.1, -0.05) is 6.58 Å². The lowest BCUT2D eigenvalue weighted by molar-refractivity contribution is 0.198. The lowest BCUT2D eigenvalue weighted by Gasteiger charge is -2.24. The number of nitrogens with two attached hydrogens (primary N) is 1. The third-order valence-corrected chi connectivity index (χ3v) is 0.894. The highest BCUT2D eigenvalue weighted by atomic mass is 16.3. The first kappa shape index (κ1) is 8.30. The van der Waals surface area contributed by atoms with Crippen LogP contribution in [0, 0.1) is 0 Å². The highest BCUT2D eigenvalue weighted by Gasteiger charge is 2.14. The summed E-state index contributed by atoms with van der Waals surface area (Å²) >= 11 is 0. The lowest BCUT2D eigenvalue weighted by Crippen LogP contribution is -2.43. The Morgan fingerprint density at radius 3 is 2.33 bits per heavy atom. The van der Waals surface area contributed by atoms with Gasteiger partial charge in [0.2, 0.25) is 0 Å². The van der Waals surface area contributed by atoms with E-state index in [1.165, 1.54) is 0 Å². The topological polar surface area (TPSA) is 58.3 Å². The van der Waals surface area contributed by atoms with Gasteiger partial charge in [-0.25, -0.2) is 0 Å². The molecule has 0 fully saturated rings. The fourth-order valence-electron chi connectivity index (χ4n) is 0.474. The van der Waals surface area contributed by atoms with Crippen LogP contribution in [0.15, 0.2) is 12.4 Å². The van der Waals surface area contributed by atoms with Gasteiger partial charge in [-0.2, -0.15) is 0 Å². The Labute approximate surface area is 55.6 Å². The second kappa shape index (κ2) is 2.73. The predicted molar refractivity (Wildman–Crippen MR) is 37.6 cm³/mol. The standard InChI is InChI=1S/C6H14N2O/c1-5(7)8-6(2,3)4-9/h8-9H,1,4,7H2,2-3H3. The molecule has 4 N–H and O–H groups in total. The molecule has 3 nitrogen and oxygen atoms in total. The van der Waals surface area contributed by atoms with Crippen LogP contribution < -0.4 is 11.1 Å². The molecule has 0 aliphatic heterocycles. The van der Waals surface area contributed by atoms with Gasteiger partial charge in [-0.15, -0.1) is 0 Å². The Bertz CT molecular complexity index is 110. The van der Waals surface area contributed by atoms with Crippen LogP contribution in [0.1, 0.15) is 13.8 Å². The van der Waals surface area contributed by atoms with Crippen LogP contribution in [-0.2, 0) is 0 Å². The van der Waals surface area contributed by atoms with E-state index >= 15 is 0 Å². The number of hydrogen-bond donors (Lipinski definition) is 3. The minimum Gasteiger partial charge on any atom is -0.394 e. The van der Waals surface area contributed by atoms with Crippen LogP contribution in [0.3, 0.4) is 0 Å². The SMILES string of the molecule is C=C(N)NC(C)(C)CO. The van der Waals surface area contributed by atoms with Crippen molar-refractivity contribution >= 4 is 0 Å². The molecule has 0 unspecified atom stereocenters. The molecule has 54 valence electrons. The number of hydrogen-bond acceptors (Lipinski definition) is 3. The largest absolute Gasteiger partial charge is 0.394 e. The van der Waals surface area contributed by atoms with Crippen molar-refractivity contribution in [2.75, 3.05) is 6.61 Å². The van der Waals surface area contributed by atoms with Gasteiger partial charge in [0.05, 0.1) is 18.0 Å². The highest BCUT2D eigenvalue weighted by molar-refractivity contribution is 4.91. The van der Waals surface area contributed by atoms with Crippen LogP contribution in [0.4, 0.5) is 0 Å². The molecule has 0 spiro atoms. The predicted octanol–water partition coefficient (Wildman–Crippen LogP) is -0.223. The van der Waals surface area contributed by atoms with Crippen molar-refractivity contribution in [1.82, 2.24) is 5.32 Å². The smallest absolute Gasteiger partial charge is 0.0890 e. The molecule has 0 bridgehead atoms. The first-order valence-corrected chi connectivity index (χ1v) is 2.81. The van der Waals surface area contributed by atoms with Gasteiger partial charge in [0, 0.05) is 0 Å². The molecular weight excluding hydrogens is 116 g/mol. The van der Waals surface area contributed by atoms with Gasteiger partial charge in [-0.3, -0.25) is 0 Å². The summed E-state index contributed by atoms with van der Waals surface area (Å²) in [7, 11) is 0. The van der Waals surface area contributed by atoms with Crippen LogP contribution >= 0.6 is 0 Å². The Hall–Kier alpha value is -0.700. The number of nitrogens with one attached hydrogen (secondary N) is 1. The summed E-state index contributed by atoms with van der Waals surface area (Å²) in [4.78, 5) is 0. The summed E-state index contributed by atoms with van der Waals surface area (Å²) in [5.74, 6) is 0.383. The average molecular weight is 130 g/mol. The van der Waals surface area contributed by atoms with Gasteiger partial charge in [0.1, 0.15) is 0 Å². The summed E-state index contributed by atoms with van der Waals surface area (Å²) in [6, 6.07) is 0. The zero-order chi connectivity index (χ0) is 7.49. The molecule has 0 aromatic rings. The van der Waals surface area contributed by atoms with Crippen LogP contribution in [0.2, 0.25) is 0 Å². The van der Waals surface area contributed by atoms with Crippen molar-refractivity contribution in [2.45, 2.75) is 19.4 Å². The molecule has 0 saturated heterocycles. The molecule has 0 rings (SSSR count). The molecule has 0 atom stereocenters. The molecular formula is C6H14N2O. The van der Waals surface area contributed by atoms with E-state index in [2.05, 4.69) is 11.9 Å². The summed E-state index contributed by atoms with van der Waals surface area (Å²) in [5.41, 5.74) is 4.88. The maximum absolute atomic E-state index is 8.68. The average Bonchev–Trinajstić information content (AvgIpc) is 1.63. The molecule has 0 aromatic heterocycles. The third kappa shape index (κ3) is 3.85. The van der Waals surface area contributed by atoms with E-state index in [4.69, 9.17) is 10.8 Å². The Morgan fingerprint density at radius 1 is 1.78 bits per heavy atom. The third-order valence-electron chi connectivity index (χ3n) is 0.894. The van der Waals surface area contributed by atoms with E-state index in [-0.39, 0.29) is 12.1 Å². The molecule has 0 amide bonds. The number of aliphatic hydroxyl groups excluding tert-OH is 1. The van der Waals surface area contributed by atoms with Gasteiger partial charge in [0.25, 0.3) is 0 Å². The lowest BCUT2D eigenvalue weighted by atomic mass is 10.1. The summed E-state index contributed by atoms with van der Waals surface area (Å²) in [6.07, 6.45) is 0. The zero-order valence-corrected chi connectivity index (χ0v) is 5.94. The maximum Gasteiger partial charge on any atom is 0.0890 e. The van der Waals surface area contributed by atoms with E-state index in [0.717, 1.165) is 0 Å². The summed E-state index contributed by atoms with van der Waals surface area (Å²) in [6.45, 7) is 7.17. The Kier molecular flexibility index (Phi) is 2.52. The molecule has 0 radical (unpaired) electrons. The minimum atomic E-state index is -0.355. The quantitative estimate of drug-likeness (QED) is 0.495.